The molecule has 37 heavy (non-hydrogen) atoms. The number of imidazole rings is 1. The van der Waals surface area contributed by atoms with Crippen molar-refractivity contribution >= 4 is 33.5 Å². The number of aromatic nitrogens is 6. The summed E-state index contributed by atoms with van der Waals surface area (Å²) < 4.78 is 0. The molecule has 8 heteroatoms. The summed E-state index contributed by atoms with van der Waals surface area (Å²) in [4.78, 5) is 29.2. The second-order valence-electron chi connectivity index (χ2n) is 9.47. The van der Waals surface area contributed by atoms with E-state index in [4.69, 9.17) is 4.98 Å². The van der Waals surface area contributed by atoms with Gasteiger partial charge >= 0.3 is 0 Å². The molecule has 4 heterocycles. The first-order chi connectivity index (χ1) is 18.0. The lowest BCUT2D eigenvalue weighted by Gasteiger charge is -2.09. The molecule has 1 amide bonds. The Hall–Kier alpha value is -4.85. The number of benzene rings is 2. The van der Waals surface area contributed by atoms with Crippen molar-refractivity contribution in [3.05, 3.63) is 79.4 Å². The van der Waals surface area contributed by atoms with Crippen LogP contribution < -0.4 is 5.32 Å². The zero-order valence-corrected chi connectivity index (χ0v) is 20.5. The van der Waals surface area contributed by atoms with Gasteiger partial charge in [-0.05, 0) is 41.8 Å². The van der Waals surface area contributed by atoms with Crippen LogP contribution >= 0.6 is 0 Å². The number of para-hydroxylation sites is 1. The highest BCUT2D eigenvalue weighted by Crippen LogP contribution is 2.33. The molecule has 0 atom stereocenters. The molecule has 0 saturated carbocycles. The van der Waals surface area contributed by atoms with Crippen LogP contribution in [0.25, 0.3) is 55.7 Å². The predicted octanol–water partition coefficient (Wildman–Crippen LogP) is 6.21. The van der Waals surface area contributed by atoms with E-state index >= 15 is 0 Å². The van der Waals surface area contributed by atoms with Gasteiger partial charge in [-0.2, -0.15) is 5.10 Å². The molecular weight excluding hydrogens is 462 g/mol. The summed E-state index contributed by atoms with van der Waals surface area (Å²) >= 11 is 0. The number of H-pyrrole nitrogens is 2. The predicted molar refractivity (Wildman–Crippen MR) is 146 cm³/mol. The van der Waals surface area contributed by atoms with Crippen LogP contribution in [0.2, 0.25) is 0 Å². The van der Waals surface area contributed by atoms with Gasteiger partial charge in [0.1, 0.15) is 5.69 Å². The lowest BCUT2D eigenvalue weighted by molar-refractivity contribution is -0.116. The fraction of sp³-hybridized carbons (Fsp3) is 0.138. The Kier molecular flexibility index (Phi) is 5.69. The van der Waals surface area contributed by atoms with Gasteiger partial charge in [-0.25, -0.2) is 4.98 Å². The summed E-state index contributed by atoms with van der Waals surface area (Å²) in [6.45, 7) is 4.04. The van der Waals surface area contributed by atoms with Crippen LogP contribution in [-0.4, -0.2) is 36.0 Å². The molecule has 0 bridgehead atoms. The van der Waals surface area contributed by atoms with Crippen molar-refractivity contribution in [2.24, 2.45) is 5.92 Å². The minimum atomic E-state index is -0.0166. The number of hydrogen-bond acceptors (Lipinski definition) is 5. The van der Waals surface area contributed by atoms with Crippen molar-refractivity contribution in [1.29, 1.82) is 0 Å². The molecule has 0 spiro atoms. The first-order valence-electron chi connectivity index (χ1n) is 12.2. The number of rotatable bonds is 6. The third-order valence-corrected chi connectivity index (χ3v) is 6.22. The van der Waals surface area contributed by atoms with Gasteiger partial charge in [0.05, 0.1) is 28.4 Å². The molecule has 0 aliphatic rings. The maximum Gasteiger partial charge on any atom is 0.224 e. The zero-order chi connectivity index (χ0) is 25.4. The van der Waals surface area contributed by atoms with E-state index in [1.54, 1.807) is 18.6 Å². The van der Waals surface area contributed by atoms with Crippen molar-refractivity contribution in [2.75, 3.05) is 5.32 Å². The van der Waals surface area contributed by atoms with Crippen LogP contribution in [0.1, 0.15) is 20.3 Å². The number of fused-ring (bicyclic) bond motifs is 2. The van der Waals surface area contributed by atoms with Gasteiger partial charge in [-0.3, -0.25) is 19.9 Å². The Morgan fingerprint density at radius 2 is 1.81 bits per heavy atom. The standard InChI is InChI=1S/C29H25N7O/c1-17(2)11-26(37)32-21-12-20(15-31-16-21)18-8-9-24-23(13-18)28(36-35-24)29-33-25-7-3-6-22(27(25)34-29)19-5-4-10-30-14-19/h3-10,12-17H,11H2,1-2H3,(H,32,37)(H,33,34)(H,35,36). The molecule has 0 aliphatic heterocycles. The SMILES string of the molecule is CC(C)CC(=O)Nc1cncc(-c2ccc3[nH]nc(-c4nc5c(-c6cccnc6)cccc5[nH]4)c3c2)c1. The smallest absolute Gasteiger partial charge is 0.224 e. The molecule has 6 rings (SSSR count). The molecule has 2 aromatic carbocycles. The second-order valence-corrected chi connectivity index (χ2v) is 9.47. The third-order valence-electron chi connectivity index (χ3n) is 6.22. The quantitative estimate of drug-likeness (QED) is 0.258. The van der Waals surface area contributed by atoms with E-state index in [1.807, 2.05) is 68.6 Å². The minimum Gasteiger partial charge on any atom is -0.337 e. The number of pyridine rings is 2. The lowest BCUT2D eigenvalue weighted by atomic mass is 10.0. The monoisotopic (exact) mass is 487 g/mol. The number of carbonyl (C=O) groups excluding carboxylic acids is 1. The highest BCUT2D eigenvalue weighted by atomic mass is 16.1. The first kappa shape index (κ1) is 22.6. The molecule has 0 aliphatic carbocycles. The summed E-state index contributed by atoms with van der Waals surface area (Å²) in [5, 5.41) is 11.6. The highest BCUT2D eigenvalue weighted by Gasteiger charge is 2.16. The van der Waals surface area contributed by atoms with Gasteiger partial charge in [0, 0.05) is 47.1 Å². The highest BCUT2D eigenvalue weighted by molar-refractivity contribution is 5.98. The number of aromatic amines is 2. The maximum absolute atomic E-state index is 12.2. The molecule has 6 aromatic rings. The lowest BCUT2D eigenvalue weighted by Crippen LogP contribution is -2.13. The molecule has 4 aromatic heterocycles. The summed E-state index contributed by atoms with van der Waals surface area (Å²) in [6, 6.07) is 18.0. The number of carbonyl (C=O) groups is 1. The van der Waals surface area contributed by atoms with Gasteiger partial charge in [-0.1, -0.05) is 38.1 Å². The van der Waals surface area contributed by atoms with Gasteiger partial charge in [0.15, 0.2) is 5.82 Å². The van der Waals surface area contributed by atoms with Crippen molar-refractivity contribution < 1.29 is 4.79 Å². The molecule has 0 saturated heterocycles. The van der Waals surface area contributed by atoms with Crippen LogP contribution in [0.3, 0.4) is 0 Å². The first-order valence-corrected chi connectivity index (χ1v) is 12.2. The topological polar surface area (TPSA) is 112 Å². The third kappa shape index (κ3) is 4.45. The maximum atomic E-state index is 12.2. The van der Waals surface area contributed by atoms with E-state index in [2.05, 4.69) is 36.5 Å². The Morgan fingerprint density at radius 1 is 0.919 bits per heavy atom. The Labute approximate surface area is 213 Å². The molecule has 0 radical (unpaired) electrons. The van der Waals surface area contributed by atoms with Crippen molar-refractivity contribution in [1.82, 2.24) is 30.1 Å². The summed E-state index contributed by atoms with van der Waals surface area (Å²) in [6.07, 6.45) is 7.53. The Balaban J connectivity index is 1.38. The van der Waals surface area contributed by atoms with Gasteiger partial charge in [0.2, 0.25) is 5.91 Å². The normalized spacial score (nSPS) is 11.4. The van der Waals surface area contributed by atoms with E-state index in [0.29, 0.717) is 17.9 Å². The zero-order valence-electron chi connectivity index (χ0n) is 20.5. The number of anilines is 1. The van der Waals surface area contributed by atoms with Crippen LogP contribution in [0, 0.1) is 5.92 Å². The Morgan fingerprint density at radius 3 is 2.65 bits per heavy atom. The van der Waals surface area contributed by atoms with Crippen molar-refractivity contribution in [2.45, 2.75) is 20.3 Å². The number of nitrogens with zero attached hydrogens (tertiary/aromatic N) is 4. The van der Waals surface area contributed by atoms with Crippen LogP contribution in [0.5, 0.6) is 0 Å². The largest absolute Gasteiger partial charge is 0.337 e. The molecular formula is C29H25N7O. The van der Waals surface area contributed by atoms with Gasteiger partial charge < -0.3 is 10.3 Å². The van der Waals surface area contributed by atoms with E-state index < -0.39 is 0 Å². The van der Waals surface area contributed by atoms with Crippen LogP contribution in [0.15, 0.2) is 79.4 Å². The Bertz CT molecular complexity index is 1730. The summed E-state index contributed by atoms with van der Waals surface area (Å²) in [7, 11) is 0. The number of hydrogen-bond donors (Lipinski definition) is 3. The van der Waals surface area contributed by atoms with Crippen molar-refractivity contribution in [3.63, 3.8) is 0 Å². The summed E-state index contributed by atoms with van der Waals surface area (Å²) in [5.74, 6) is 0.955. The molecule has 0 fully saturated rings. The minimum absolute atomic E-state index is 0.0166. The van der Waals surface area contributed by atoms with Crippen LogP contribution in [0.4, 0.5) is 5.69 Å². The second kappa shape index (κ2) is 9.31. The fourth-order valence-electron chi connectivity index (χ4n) is 4.52. The molecule has 0 unspecified atom stereocenters. The average molecular weight is 488 g/mol. The van der Waals surface area contributed by atoms with E-state index in [9.17, 15) is 4.79 Å². The molecule has 8 nitrogen and oxygen atoms in total. The van der Waals surface area contributed by atoms with Crippen LogP contribution in [-0.2, 0) is 4.79 Å². The van der Waals surface area contributed by atoms with E-state index in [1.165, 1.54) is 0 Å². The van der Waals surface area contributed by atoms with Gasteiger partial charge in [0.25, 0.3) is 0 Å². The number of amides is 1. The summed E-state index contributed by atoms with van der Waals surface area (Å²) in [5.41, 5.74) is 8.00. The van der Waals surface area contributed by atoms with E-state index in [0.717, 1.165) is 49.9 Å². The van der Waals surface area contributed by atoms with Gasteiger partial charge in [-0.15, -0.1) is 0 Å². The van der Waals surface area contributed by atoms with Crippen molar-refractivity contribution in [3.8, 4) is 33.8 Å². The average Bonchev–Trinajstić information content (AvgIpc) is 3.52. The molecule has 182 valence electrons. The molecule has 3 N–H and O–H groups in total. The van der Waals surface area contributed by atoms with E-state index in [-0.39, 0.29) is 11.8 Å². The fourth-order valence-corrected chi connectivity index (χ4v) is 4.52. The number of nitrogens with one attached hydrogen (secondary N) is 3.